The molecule has 0 N–H and O–H groups in total. The molecule has 0 atom stereocenters. The summed E-state index contributed by atoms with van der Waals surface area (Å²) in [5, 5.41) is 0. The standard InChI is InChI=1S/C10H16INO5/c1-8(2)9(13)17-7-6-16-5-4-12(11)10(14)15-3/h1,4-7H2,2-3H3. The van der Waals surface area contributed by atoms with Crippen molar-refractivity contribution in [3.63, 3.8) is 0 Å². The molecule has 0 radical (unpaired) electrons. The van der Waals surface area contributed by atoms with Gasteiger partial charge < -0.3 is 14.2 Å². The van der Waals surface area contributed by atoms with Gasteiger partial charge in [-0.2, -0.15) is 0 Å². The monoisotopic (exact) mass is 357 g/mol. The number of ether oxygens (including phenoxy) is 3. The second-order valence-electron chi connectivity index (χ2n) is 3.08. The van der Waals surface area contributed by atoms with Crippen LogP contribution >= 0.6 is 22.9 Å². The molecular formula is C10H16INO5. The van der Waals surface area contributed by atoms with Crippen molar-refractivity contribution in [3.8, 4) is 0 Å². The van der Waals surface area contributed by atoms with Crippen molar-refractivity contribution in [3.05, 3.63) is 12.2 Å². The Morgan fingerprint density at radius 1 is 1.29 bits per heavy atom. The van der Waals surface area contributed by atoms with Crippen LogP contribution in [0.3, 0.4) is 0 Å². The zero-order chi connectivity index (χ0) is 13.3. The summed E-state index contributed by atoms with van der Waals surface area (Å²) in [6.07, 6.45) is -0.428. The fourth-order valence-corrected chi connectivity index (χ4v) is 1.15. The zero-order valence-corrected chi connectivity index (χ0v) is 12.1. The van der Waals surface area contributed by atoms with E-state index in [2.05, 4.69) is 11.3 Å². The molecule has 6 nitrogen and oxygen atoms in total. The summed E-state index contributed by atoms with van der Waals surface area (Å²) < 4.78 is 15.8. The van der Waals surface area contributed by atoms with Crippen LogP contribution in [0.4, 0.5) is 4.79 Å². The van der Waals surface area contributed by atoms with Crippen molar-refractivity contribution < 1.29 is 23.8 Å². The lowest BCUT2D eigenvalue weighted by molar-refractivity contribution is -0.140. The molecule has 0 aromatic carbocycles. The van der Waals surface area contributed by atoms with E-state index in [-0.39, 0.29) is 13.2 Å². The number of nitrogens with zero attached hydrogens (tertiary/aromatic N) is 1. The quantitative estimate of drug-likeness (QED) is 0.227. The van der Waals surface area contributed by atoms with Crippen molar-refractivity contribution in [2.75, 3.05) is 33.5 Å². The van der Waals surface area contributed by atoms with Gasteiger partial charge in [0.25, 0.3) is 0 Å². The lowest BCUT2D eigenvalue weighted by atomic mass is 10.4. The normalized spacial score (nSPS) is 9.59. The second kappa shape index (κ2) is 9.23. The molecule has 0 bridgehead atoms. The lowest BCUT2D eigenvalue weighted by Gasteiger charge is -2.12. The molecule has 0 aliphatic heterocycles. The molecule has 1 amide bonds. The van der Waals surface area contributed by atoms with Crippen LogP contribution in [-0.2, 0) is 19.0 Å². The summed E-state index contributed by atoms with van der Waals surface area (Å²) in [6.45, 7) is 6.23. The molecule has 0 rings (SSSR count). The first-order chi connectivity index (χ1) is 7.99. The Balaban J connectivity index is 3.44. The van der Waals surface area contributed by atoms with Gasteiger partial charge in [-0.25, -0.2) is 12.7 Å². The maximum absolute atomic E-state index is 11.0. The first-order valence-electron chi connectivity index (χ1n) is 4.90. The van der Waals surface area contributed by atoms with E-state index in [1.54, 1.807) is 6.92 Å². The van der Waals surface area contributed by atoms with Crippen molar-refractivity contribution in [2.45, 2.75) is 6.92 Å². The number of hydrogen-bond acceptors (Lipinski definition) is 5. The third kappa shape index (κ3) is 7.97. The van der Waals surface area contributed by atoms with Crippen LogP contribution < -0.4 is 0 Å². The third-order valence-electron chi connectivity index (χ3n) is 1.61. The number of amides is 1. The van der Waals surface area contributed by atoms with Crippen LogP contribution in [0.1, 0.15) is 6.92 Å². The number of carbonyl (C=O) groups is 2. The van der Waals surface area contributed by atoms with Crippen LogP contribution in [0.15, 0.2) is 12.2 Å². The molecule has 0 fully saturated rings. The van der Waals surface area contributed by atoms with E-state index in [0.717, 1.165) is 0 Å². The summed E-state index contributed by atoms with van der Waals surface area (Å²) in [4.78, 5) is 21.9. The van der Waals surface area contributed by atoms with Crippen LogP contribution in [0.25, 0.3) is 0 Å². The third-order valence-corrected chi connectivity index (χ3v) is 2.49. The number of methoxy groups -OCH3 is 1. The predicted octanol–water partition coefficient (Wildman–Crippen LogP) is 1.54. The summed E-state index contributed by atoms with van der Waals surface area (Å²) in [5.74, 6) is -0.432. The first-order valence-corrected chi connectivity index (χ1v) is 5.87. The number of rotatable bonds is 7. The van der Waals surface area contributed by atoms with Gasteiger partial charge in [0.2, 0.25) is 0 Å². The highest BCUT2D eigenvalue weighted by Gasteiger charge is 2.09. The van der Waals surface area contributed by atoms with Gasteiger partial charge in [-0.15, -0.1) is 0 Å². The molecule has 0 spiro atoms. The van der Waals surface area contributed by atoms with Gasteiger partial charge in [0, 0.05) is 5.57 Å². The molecule has 0 saturated carbocycles. The van der Waals surface area contributed by atoms with E-state index < -0.39 is 12.1 Å². The van der Waals surface area contributed by atoms with Gasteiger partial charge >= 0.3 is 12.1 Å². The highest BCUT2D eigenvalue weighted by molar-refractivity contribution is 14.1. The number of halogens is 1. The summed E-state index contributed by atoms with van der Waals surface area (Å²) in [5.41, 5.74) is 0.356. The second-order valence-corrected chi connectivity index (χ2v) is 4.25. The van der Waals surface area contributed by atoms with Crippen LogP contribution in [0, 0.1) is 0 Å². The van der Waals surface area contributed by atoms with Gasteiger partial charge in [0.15, 0.2) is 0 Å². The zero-order valence-electron chi connectivity index (χ0n) is 9.90. The molecular weight excluding hydrogens is 341 g/mol. The molecule has 17 heavy (non-hydrogen) atoms. The largest absolute Gasteiger partial charge is 0.460 e. The van der Waals surface area contributed by atoms with E-state index in [9.17, 15) is 9.59 Å². The summed E-state index contributed by atoms with van der Waals surface area (Å²) in [7, 11) is 1.31. The fraction of sp³-hybridized carbons (Fsp3) is 0.600. The van der Waals surface area contributed by atoms with Gasteiger partial charge in [-0.05, 0) is 6.92 Å². The van der Waals surface area contributed by atoms with Crippen molar-refractivity contribution in [1.29, 1.82) is 0 Å². The number of hydrogen-bond donors (Lipinski definition) is 0. The number of carbonyl (C=O) groups excluding carboxylic acids is 2. The van der Waals surface area contributed by atoms with E-state index in [4.69, 9.17) is 9.47 Å². The molecule has 0 saturated heterocycles. The molecule has 0 aromatic rings. The predicted molar refractivity (Wildman–Crippen MR) is 69.7 cm³/mol. The van der Waals surface area contributed by atoms with Crippen LogP contribution in [0.5, 0.6) is 0 Å². The minimum Gasteiger partial charge on any atom is -0.460 e. The Morgan fingerprint density at radius 2 is 1.94 bits per heavy atom. The Labute approximate surface area is 114 Å². The van der Waals surface area contributed by atoms with E-state index >= 15 is 0 Å². The van der Waals surface area contributed by atoms with Crippen LogP contribution in [0.2, 0.25) is 0 Å². The summed E-state index contributed by atoms with van der Waals surface area (Å²) >= 11 is 1.83. The van der Waals surface area contributed by atoms with Gasteiger partial charge in [-0.3, -0.25) is 0 Å². The van der Waals surface area contributed by atoms with Crippen molar-refractivity contribution >= 4 is 34.9 Å². The van der Waals surface area contributed by atoms with Crippen LogP contribution in [-0.4, -0.2) is 48.7 Å². The molecule has 0 aromatic heterocycles. The fourth-order valence-electron chi connectivity index (χ4n) is 0.754. The number of esters is 1. The SMILES string of the molecule is C=C(C)C(=O)OCCOCCN(I)C(=O)OC. The molecule has 98 valence electrons. The molecule has 0 aliphatic rings. The highest BCUT2D eigenvalue weighted by atomic mass is 127. The lowest BCUT2D eigenvalue weighted by Crippen LogP contribution is -2.25. The molecule has 0 unspecified atom stereocenters. The molecule has 0 heterocycles. The Kier molecular flexibility index (Phi) is 8.78. The Hall–Kier alpha value is -0.830. The average molecular weight is 357 g/mol. The average Bonchev–Trinajstić information content (AvgIpc) is 2.31. The Morgan fingerprint density at radius 3 is 2.47 bits per heavy atom. The smallest absolute Gasteiger partial charge is 0.418 e. The topological polar surface area (TPSA) is 65.1 Å². The summed E-state index contributed by atoms with van der Waals surface area (Å²) in [6, 6.07) is 0. The molecule has 0 aliphatic carbocycles. The van der Waals surface area contributed by atoms with Crippen molar-refractivity contribution in [1.82, 2.24) is 3.11 Å². The minimum atomic E-state index is -0.432. The van der Waals surface area contributed by atoms with Gasteiger partial charge in [-0.1, -0.05) is 6.58 Å². The maximum atomic E-state index is 11.0. The maximum Gasteiger partial charge on any atom is 0.418 e. The molecule has 7 heteroatoms. The van der Waals surface area contributed by atoms with Crippen molar-refractivity contribution in [2.24, 2.45) is 0 Å². The minimum absolute atomic E-state index is 0.172. The highest BCUT2D eigenvalue weighted by Crippen LogP contribution is 2.00. The van der Waals surface area contributed by atoms with E-state index in [1.807, 2.05) is 22.9 Å². The first kappa shape index (κ1) is 16.2. The Bertz CT molecular complexity index is 282. The van der Waals surface area contributed by atoms with Gasteiger partial charge in [0.1, 0.15) is 6.61 Å². The van der Waals surface area contributed by atoms with Gasteiger partial charge in [0.05, 0.1) is 49.7 Å². The van der Waals surface area contributed by atoms with E-state index in [0.29, 0.717) is 18.7 Å². The van der Waals surface area contributed by atoms with E-state index in [1.165, 1.54) is 10.2 Å².